The lowest BCUT2D eigenvalue weighted by Crippen LogP contribution is -2.49. The maximum absolute atomic E-state index is 12.2. The number of piperazine rings is 2. The van der Waals surface area contributed by atoms with Crippen molar-refractivity contribution in [3.05, 3.63) is 29.3 Å². The van der Waals surface area contributed by atoms with Crippen LogP contribution in [0.2, 0.25) is 0 Å². The number of benzene rings is 1. The third-order valence-corrected chi connectivity index (χ3v) is 5.06. The van der Waals surface area contributed by atoms with Crippen LogP contribution in [0.15, 0.2) is 18.2 Å². The summed E-state index contributed by atoms with van der Waals surface area (Å²) in [6.45, 7) is 13.6. The fourth-order valence-corrected chi connectivity index (χ4v) is 3.63. The molecule has 2 fully saturated rings. The van der Waals surface area contributed by atoms with Gasteiger partial charge in [0.1, 0.15) is 5.60 Å². The third kappa shape index (κ3) is 5.63. The maximum atomic E-state index is 12.2. The summed E-state index contributed by atoms with van der Waals surface area (Å²) < 4.78 is 5.48. The molecule has 0 unspecified atom stereocenters. The van der Waals surface area contributed by atoms with Gasteiger partial charge in [0.15, 0.2) is 0 Å². The highest BCUT2D eigenvalue weighted by Gasteiger charge is 2.26. The molecule has 1 N–H and O–H groups in total. The lowest BCUT2D eigenvalue weighted by atomic mass is 10.1. The van der Waals surface area contributed by atoms with Crippen LogP contribution in [0.1, 0.15) is 31.9 Å². The molecule has 0 spiro atoms. The fraction of sp³-hybridized carbons (Fsp3) is 0.591. The highest BCUT2D eigenvalue weighted by atomic mass is 16.6. The van der Waals surface area contributed by atoms with Crippen molar-refractivity contribution in [3.63, 3.8) is 0 Å². The standard InChI is InChI=1S/C22H32N4O2/c1-5-18-14-19(16-20(15-18)25-8-6-23-7-9-25)17-24-10-12-26(13-11-24)21(27)28-22(2,3)4/h1,14-16,23H,6-13,17H2,2-4H3. The molecular weight excluding hydrogens is 352 g/mol. The number of carbonyl (C=O) groups is 1. The number of nitrogens with one attached hydrogen (secondary N) is 1. The number of terminal acetylenes is 1. The third-order valence-electron chi connectivity index (χ3n) is 5.06. The Kier molecular flexibility index (Phi) is 6.48. The molecule has 2 saturated heterocycles. The minimum atomic E-state index is -0.454. The first-order valence-electron chi connectivity index (χ1n) is 10.1. The van der Waals surface area contributed by atoms with E-state index in [4.69, 9.17) is 11.2 Å². The van der Waals surface area contributed by atoms with Crippen molar-refractivity contribution in [2.75, 3.05) is 57.3 Å². The van der Waals surface area contributed by atoms with Gasteiger partial charge in [-0.3, -0.25) is 4.90 Å². The molecule has 1 amide bonds. The molecule has 2 heterocycles. The summed E-state index contributed by atoms with van der Waals surface area (Å²) in [6.07, 6.45) is 5.48. The number of hydrogen-bond acceptors (Lipinski definition) is 5. The summed E-state index contributed by atoms with van der Waals surface area (Å²) in [5, 5.41) is 3.39. The van der Waals surface area contributed by atoms with Gasteiger partial charge in [-0.05, 0) is 44.5 Å². The molecule has 28 heavy (non-hydrogen) atoms. The van der Waals surface area contributed by atoms with E-state index in [-0.39, 0.29) is 6.09 Å². The van der Waals surface area contributed by atoms with E-state index in [2.05, 4.69) is 39.2 Å². The molecule has 0 saturated carbocycles. The van der Waals surface area contributed by atoms with Gasteiger partial charge < -0.3 is 19.9 Å². The van der Waals surface area contributed by atoms with Gasteiger partial charge in [0.25, 0.3) is 0 Å². The van der Waals surface area contributed by atoms with Crippen molar-refractivity contribution in [1.29, 1.82) is 0 Å². The zero-order valence-electron chi connectivity index (χ0n) is 17.3. The first kappa shape index (κ1) is 20.5. The Morgan fingerprint density at radius 1 is 1.11 bits per heavy atom. The van der Waals surface area contributed by atoms with Crippen LogP contribution in [0.5, 0.6) is 0 Å². The Morgan fingerprint density at radius 3 is 2.39 bits per heavy atom. The smallest absolute Gasteiger partial charge is 0.410 e. The van der Waals surface area contributed by atoms with Gasteiger partial charge in [-0.15, -0.1) is 6.42 Å². The number of rotatable bonds is 3. The Balaban J connectivity index is 1.60. The van der Waals surface area contributed by atoms with E-state index in [1.54, 1.807) is 4.90 Å². The predicted molar refractivity (Wildman–Crippen MR) is 113 cm³/mol. The van der Waals surface area contributed by atoms with Crippen molar-refractivity contribution < 1.29 is 9.53 Å². The molecule has 0 radical (unpaired) electrons. The minimum absolute atomic E-state index is 0.220. The van der Waals surface area contributed by atoms with E-state index in [9.17, 15) is 4.79 Å². The number of carbonyl (C=O) groups excluding carboxylic acids is 1. The topological polar surface area (TPSA) is 48.1 Å². The Bertz CT molecular complexity index is 721. The number of amides is 1. The van der Waals surface area contributed by atoms with E-state index in [1.807, 2.05) is 20.8 Å². The van der Waals surface area contributed by atoms with Crippen molar-refractivity contribution >= 4 is 11.8 Å². The molecule has 0 bridgehead atoms. The summed E-state index contributed by atoms with van der Waals surface area (Å²) in [4.78, 5) is 18.8. The SMILES string of the molecule is C#Cc1cc(CN2CCN(C(=O)OC(C)(C)C)CC2)cc(N2CCNCC2)c1. The monoisotopic (exact) mass is 384 g/mol. The normalized spacial score (nSPS) is 18.6. The second-order valence-corrected chi connectivity index (χ2v) is 8.51. The fourth-order valence-electron chi connectivity index (χ4n) is 3.63. The highest BCUT2D eigenvalue weighted by Crippen LogP contribution is 2.21. The van der Waals surface area contributed by atoms with E-state index < -0.39 is 5.60 Å². The van der Waals surface area contributed by atoms with Crippen LogP contribution < -0.4 is 10.2 Å². The van der Waals surface area contributed by atoms with Crippen LogP contribution in [0.4, 0.5) is 10.5 Å². The molecule has 0 aliphatic carbocycles. The van der Waals surface area contributed by atoms with Crippen molar-refractivity contribution in [2.24, 2.45) is 0 Å². The summed E-state index contributed by atoms with van der Waals surface area (Å²) in [6, 6.07) is 6.47. The number of hydrogen-bond donors (Lipinski definition) is 1. The number of nitrogens with zero attached hydrogens (tertiary/aromatic N) is 3. The summed E-state index contributed by atoms with van der Waals surface area (Å²) in [5.41, 5.74) is 2.91. The molecule has 0 aromatic heterocycles. The van der Waals surface area contributed by atoms with Crippen LogP contribution >= 0.6 is 0 Å². The molecule has 3 rings (SSSR count). The summed E-state index contributed by atoms with van der Waals surface area (Å²) in [5.74, 6) is 2.80. The highest BCUT2D eigenvalue weighted by molar-refractivity contribution is 5.68. The van der Waals surface area contributed by atoms with Gasteiger partial charge in [0.05, 0.1) is 0 Å². The quantitative estimate of drug-likeness (QED) is 0.809. The molecule has 2 aliphatic rings. The van der Waals surface area contributed by atoms with E-state index in [1.165, 1.54) is 11.3 Å². The average Bonchev–Trinajstić information content (AvgIpc) is 2.67. The molecule has 1 aromatic rings. The largest absolute Gasteiger partial charge is 0.444 e. The van der Waals surface area contributed by atoms with E-state index >= 15 is 0 Å². The first-order chi connectivity index (χ1) is 13.3. The van der Waals surface area contributed by atoms with Crippen LogP contribution in [0, 0.1) is 12.3 Å². The molecule has 1 aromatic carbocycles. The molecule has 0 atom stereocenters. The second kappa shape index (κ2) is 8.85. The number of ether oxygens (including phenoxy) is 1. The van der Waals surface area contributed by atoms with Gasteiger partial charge in [-0.1, -0.05) is 5.92 Å². The van der Waals surface area contributed by atoms with Crippen LogP contribution in [-0.4, -0.2) is 73.9 Å². The maximum Gasteiger partial charge on any atom is 0.410 e. The Hall–Kier alpha value is -2.23. The van der Waals surface area contributed by atoms with Crippen molar-refractivity contribution in [3.8, 4) is 12.3 Å². The minimum Gasteiger partial charge on any atom is -0.444 e. The lowest BCUT2D eigenvalue weighted by molar-refractivity contribution is 0.0139. The first-order valence-corrected chi connectivity index (χ1v) is 10.1. The lowest BCUT2D eigenvalue weighted by Gasteiger charge is -2.36. The van der Waals surface area contributed by atoms with Gasteiger partial charge in [-0.2, -0.15) is 0 Å². The molecule has 152 valence electrons. The zero-order chi connectivity index (χ0) is 20.1. The molecule has 6 heteroatoms. The van der Waals surface area contributed by atoms with Crippen LogP contribution in [0.3, 0.4) is 0 Å². The average molecular weight is 385 g/mol. The summed E-state index contributed by atoms with van der Waals surface area (Å²) >= 11 is 0. The van der Waals surface area contributed by atoms with Gasteiger partial charge in [0.2, 0.25) is 0 Å². The van der Waals surface area contributed by atoms with Gasteiger partial charge in [0, 0.05) is 70.2 Å². The number of anilines is 1. The van der Waals surface area contributed by atoms with Crippen molar-refractivity contribution in [2.45, 2.75) is 32.9 Å². The Labute approximate surface area is 168 Å². The molecular formula is C22H32N4O2. The van der Waals surface area contributed by atoms with E-state index in [0.717, 1.165) is 51.4 Å². The Morgan fingerprint density at radius 2 is 1.79 bits per heavy atom. The summed E-state index contributed by atoms with van der Waals surface area (Å²) in [7, 11) is 0. The second-order valence-electron chi connectivity index (χ2n) is 8.51. The van der Waals surface area contributed by atoms with E-state index in [0.29, 0.717) is 13.1 Å². The molecule has 6 nitrogen and oxygen atoms in total. The van der Waals surface area contributed by atoms with Gasteiger partial charge in [-0.25, -0.2) is 4.79 Å². The van der Waals surface area contributed by atoms with Crippen LogP contribution in [-0.2, 0) is 11.3 Å². The van der Waals surface area contributed by atoms with Crippen molar-refractivity contribution in [1.82, 2.24) is 15.1 Å². The van der Waals surface area contributed by atoms with Gasteiger partial charge >= 0.3 is 6.09 Å². The molecule has 2 aliphatic heterocycles. The zero-order valence-corrected chi connectivity index (χ0v) is 17.3. The predicted octanol–water partition coefficient (Wildman–Crippen LogP) is 2.13. The van der Waals surface area contributed by atoms with Crippen LogP contribution in [0.25, 0.3) is 0 Å².